The molecule has 3 saturated heterocycles. The van der Waals surface area contributed by atoms with Crippen molar-refractivity contribution < 1.29 is 33.0 Å². The minimum atomic E-state index is -2.92. The van der Waals surface area contributed by atoms with E-state index in [4.69, 9.17) is 9.47 Å². The van der Waals surface area contributed by atoms with E-state index in [1.54, 1.807) is 25.2 Å². The predicted molar refractivity (Wildman–Crippen MR) is 234 cm³/mol. The summed E-state index contributed by atoms with van der Waals surface area (Å²) in [5.41, 5.74) is 6.12. The lowest BCUT2D eigenvalue weighted by Gasteiger charge is -2.38. The first-order chi connectivity index (χ1) is 27.4. The van der Waals surface area contributed by atoms with Crippen molar-refractivity contribution in [1.29, 1.82) is 0 Å². The van der Waals surface area contributed by atoms with Gasteiger partial charge in [0.15, 0.2) is 9.84 Å². The lowest BCUT2D eigenvalue weighted by molar-refractivity contribution is -0.00603. The van der Waals surface area contributed by atoms with Crippen LogP contribution in [0.25, 0.3) is 0 Å². The quantitative estimate of drug-likeness (QED) is 0.206. The predicted octanol–water partition coefficient (Wildman–Crippen LogP) is 4.79. The number of pyridine rings is 3. The van der Waals surface area contributed by atoms with Crippen molar-refractivity contribution in [3.8, 4) is 0 Å². The molecule has 6 atom stereocenters. The Labute approximate surface area is 349 Å². The number of aromatic nitrogens is 3. The molecule has 3 aromatic heterocycles. The van der Waals surface area contributed by atoms with Crippen molar-refractivity contribution in [2.24, 2.45) is 0 Å². The van der Waals surface area contributed by atoms with Crippen LogP contribution in [0.4, 0.5) is 0 Å². The maximum Gasteiger partial charge on any atom is 0.376 e. The molecule has 4 N–H and O–H groups in total. The fourth-order valence-corrected chi connectivity index (χ4v) is 8.41. The van der Waals surface area contributed by atoms with E-state index in [1.807, 2.05) is 63.9 Å². The van der Waals surface area contributed by atoms with Crippen LogP contribution in [0, 0.1) is 20.8 Å². The topological polar surface area (TPSA) is 170 Å². The van der Waals surface area contributed by atoms with Crippen LogP contribution in [0.5, 0.6) is 0 Å². The van der Waals surface area contributed by atoms with Gasteiger partial charge < -0.3 is 39.6 Å². The molecule has 6 unspecified atom stereocenters. The summed E-state index contributed by atoms with van der Waals surface area (Å²) in [6.45, 7) is 20.0. The Hall–Kier alpha value is -2.79. The summed E-state index contributed by atoms with van der Waals surface area (Å²) in [4.78, 5) is 16.5. The minimum Gasteiger partial charge on any atom is -0.437 e. The summed E-state index contributed by atoms with van der Waals surface area (Å²) >= 11 is 0. The standard InChI is InChI=1S/C14H23BN2O2.C13H20N2O.C8H11NO2S.C7H16BNO2/c1-11-8-13(4-6-16-11)10-19-14-5-7-17(15(3)18)12(2)9-14;1-10-7-12(3-5-14-10)9-16-13-4-6-15-11(2)8-13;1-7-5-8(3-4-9-7)6-12(2,10)11;1-6-5-7(10)3-4-9(6)8(2)11/h4,6,8,12,14,18H,5,7,9-10H2,1-3H3;3,5,7,11,13,15H,4,6,8-9H2,1-2H3;3-5H,6H2,1-2H3;6-7,10-11H,3-5H2,1-2H3. The molecule has 0 radical (unpaired) electrons. The first kappa shape index (κ1) is 49.6. The van der Waals surface area contributed by atoms with E-state index in [0.29, 0.717) is 43.5 Å². The Balaban J connectivity index is 0.000000212. The summed E-state index contributed by atoms with van der Waals surface area (Å²) in [6.07, 6.45) is 12.8. The summed E-state index contributed by atoms with van der Waals surface area (Å²) in [5, 5.41) is 31.6. The highest BCUT2D eigenvalue weighted by Gasteiger charge is 2.30. The molecule has 322 valence electrons. The van der Waals surface area contributed by atoms with E-state index in [9.17, 15) is 23.6 Å². The van der Waals surface area contributed by atoms with E-state index in [2.05, 4.69) is 51.1 Å². The van der Waals surface area contributed by atoms with Crippen LogP contribution in [-0.2, 0) is 38.3 Å². The van der Waals surface area contributed by atoms with Gasteiger partial charge in [0.05, 0.1) is 37.3 Å². The highest BCUT2D eigenvalue weighted by molar-refractivity contribution is 7.89. The van der Waals surface area contributed by atoms with Gasteiger partial charge >= 0.3 is 14.1 Å². The molecule has 16 heteroatoms. The average molecular weight is 825 g/mol. The molecule has 0 spiro atoms. The number of aliphatic hydroxyl groups is 1. The highest BCUT2D eigenvalue weighted by Crippen LogP contribution is 2.22. The molecular weight excluding hydrogens is 754 g/mol. The summed E-state index contributed by atoms with van der Waals surface area (Å²) in [7, 11) is -3.66. The molecule has 0 aliphatic carbocycles. The van der Waals surface area contributed by atoms with Gasteiger partial charge in [0.2, 0.25) is 0 Å². The molecular formula is C42H70B2N6O7S. The Morgan fingerprint density at radius 3 is 1.60 bits per heavy atom. The van der Waals surface area contributed by atoms with Gasteiger partial charge in [-0.3, -0.25) is 15.0 Å². The third kappa shape index (κ3) is 19.5. The zero-order valence-electron chi connectivity index (χ0n) is 36.4. The molecule has 6 rings (SSSR count). The Bertz CT molecular complexity index is 1740. The highest BCUT2D eigenvalue weighted by atomic mass is 32.2. The van der Waals surface area contributed by atoms with Gasteiger partial charge in [-0.25, -0.2) is 8.42 Å². The number of aryl methyl sites for hydroxylation is 3. The number of ether oxygens (including phenoxy) is 2. The molecule has 13 nitrogen and oxygen atoms in total. The zero-order valence-corrected chi connectivity index (χ0v) is 37.2. The molecule has 6 heterocycles. The van der Waals surface area contributed by atoms with Crippen LogP contribution in [0.1, 0.15) is 93.1 Å². The second kappa shape index (κ2) is 25.1. The van der Waals surface area contributed by atoms with E-state index >= 15 is 0 Å². The van der Waals surface area contributed by atoms with Crippen LogP contribution in [0.15, 0.2) is 55.0 Å². The molecule has 3 aliphatic heterocycles. The first-order valence-corrected chi connectivity index (χ1v) is 22.9. The number of hydrogen-bond donors (Lipinski definition) is 4. The van der Waals surface area contributed by atoms with Crippen molar-refractivity contribution in [2.45, 2.75) is 149 Å². The summed E-state index contributed by atoms with van der Waals surface area (Å²) in [6, 6.07) is 12.9. The smallest absolute Gasteiger partial charge is 0.376 e. The monoisotopic (exact) mass is 825 g/mol. The van der Waals surface area contributed by atoms with Crippen LogP contribution in [0.2, 0.25) is 13.6 Å². The summed E-state index contributed by atoms with van der Waals surface area (Å²) < 4.78 is 33.7. The second-order valence-corrected chi connectivity index (χ2v) is 18.5. The number of sulfone groups is 1. The SMILES string of the molecule is CB(O)N1CCC(O)CC1C.CB(O)N1CCC(OCc2ccnc(C)c2)CC1C.Cc1cc(COC2CCNC(C)C2)ccn1.Cc1cc(CS(C)(=O)=O)ccn1. The van der Waals surface area contributed by atoms with Crippen LogP contribution in [-0.4, -0.2) is 125 Å². The van der Waals surface area contributed by atoms with Crippen molar-refractivity contribution in [3.05, 3.63) is 88.8 Å². The van der Waals surface area contributed by atoms with E-state index < -0.39 is 9.84 Å². The average Bonchev–Trinajstić information content (AvgIpc) is 3.13. The van der Waals surface area contributed by atoms with E-state index in [0.717, 1.165) is 80.8 Å². The van der Waals surface area contributed by atoms with E-state index in [-0.39, 0.29) is 26.0 Å². The van der Waals surface area contributed by atoms with Crippen LogP contribution >= 0.6 is 0 Å². The second-order valence-electron chi connectivity index (χ2n) is 16.4. The molecule has 3 aliphatic rings. The van der Waals surface area contributed by atoms with Gasteiger partial charge in [-0.15, -0.1) is 0 Å². The molecule has 0 saturated carbocycles. The third-order valence-corrected chi connectivity index (χ3v) is 11.5. The summed E-state index contributed by atoms with van der Waals surface area (Å²) in [5.74, 6) is 0.0936. The molecule has 3 fully saturated rings. The maximum absolute atomic E-state index is 10.9. The van der Waals surface area contributed by atoms with Crippen molar-refractivity contribution in [1.82, 2.24) is 29.9 Å². The van der Waals surface area contributed by atoms with E-state index in [1.165, 1.54) is 17.4 Å². The van der Waals surface area contributed by atoms with Gasteiger partial charge in [-0.2, -0.15) is 0 Å². The van der Waals surface area contributed by atoms with Crippen LogP contribution in [0.3, 0.4) is 0 Å². The lowest BCUT2D eigenvalue weighted by Crippen LogP contribution is -2.50. The Morgan fingerprint density at radius 1 is 0.724 bits per heavy atom. The number of aliphatic hydroxyl groups excluding tert-OH is 1. The van der Waals surface area contributed by atoms with Gasteiger partial charge in [0, 0.05) is 60.1 Å². The molecule has 58 heavy (non-hydrogen) atoms. The number of nitrogens with zero attached hydrogens (tertiary/aromatic N) is 5. The molecule has 0 bridgehead atoms. The Kier molecular flexibility index (Phi) is 21.4. The zero-order chi connectivity index (χ0) is 42.8. The normalized spacial score (nSPS) is 23.9. The minimum absolute atomic E-state index is 0.0936. The van der Waals surface area contributed by atoms with Crippen molar-refractivity contribution >= 4 is 23.9 Å². The Morgan fingerprint density at radius 2 is 1.17 bits per heavy atom. The van der Waals surface area contributed by atoms with Gasteiger partial charge in [-0.1, -0.05) is 13.8 Å². The molecule has 3 aromatic rings. The third-order valence-electron chi connectivity index (χ3n) is 10.6. The first-order valence-electron chi connectivity index (χ1n) is 20.8. The van der Waals surface area contributed by atoms with Crippen molar-refractivity contribution in [2.75, 3.05) is 25.9 Å². The molecule has 0 amide bonds. The fourth-order valence-electron chi connectivity index (χ4n) is 7.62. The largest absolute Gasteiger partial charge is 0.437 e. The van der Waals surface area contributed by atoms with Gasteiger partial charge in [0.25, 0.3) is 0 Å². The number of rotatable bonds is 10. The molecule has 0 aromatic carbocycles. The maximum atomic E-state index is 10.9. The number of piperidine rings is 3. The number of hydrogen-bond acceptors (Lipinski definition) is 13. The fraction of sp³-hybridized carbons (Fsp3) is 0.643. The van der Waals surface area contributed by atoms with Gasteiger partial charge in [0.1, 0.15) is 0 Å². The number of nitrogens with one attached hydrogen (secondary N) is 1. The van der Waals surface area contributed by atoms with Crippen molar-refractivity contribution in [3.63, 3.8) is 0 Å². The lowest BCUT2D eigenvalue weighted by atomic mass is 9.80. The van der Waals surface area contributed by atoms with Crippen LogP contribution < -0.4 is 5.32 Å². The van der Waals surface area contributed by atoms with Gasteiger partial charge in [-0.05, 0) is 153 Å².